The molecule has 0 radical (unpaired) electrons. The lowest BCUT2D eigenvalue weighted by molar-refractivity contribution is 0.462. The van der Waals surface area contributed by atoms with Gasteiger partial charge in [0.05, 0.1) is 0 Å². The highest BCUT2D eigenvalue weighted by atomic mass is 79.9. The summed E-state index contributed by atoms with van der Waals surface area (Å²) in [7, 11) is 0. The Hall–Kier alpha value is -1.00. The third-order valence-corrected chi connectivity index (χ3v) is 3.59. The minimum absolute atomic E-state index is 0.329. The number of phenolic OH excluding ortho intramolecular Hbond substituents is 1. The van der Waals surface area contributed by atoms with Crippen LogP contribution in [0.25, 0.3) is 0 Å². The quantitative estimate of drug-likeness (QED) is 0.874. The van der Waals surface area contributed by atoms with Crippen molar-refractivity contribution in [2.24, 2.45) is 0 Å². The second kappa shape index (κ2) is 5.37. The molecule has 0 spiro atoms. The Labute approximate surface area is 107 Å². The number of hydrogen-bond acceptors (Lipinski definition) is 3. The van der Waals surface area contributed by atoms with Crippen LogP contribution in [0.15, 0.2) is 52.1 Å². The molecule has 0 aliphatic carbocycles. The van der Waals surface area contributed by atoms with E-state index >= 15 is 0 Å². The predicted octanol–water partition coefficient (Wildman–Crippen LogP) is 3.84. The van der Waals surface area contributed by atoms with Gasteiger partial charge in [-0.3, -0.25) is 4.98 Å². The molecule has 0 aliphatic heterocycles. The molecular weight excluding hydrogens is 286 g/mol. The van der Waals surface area contributed by atoms with Crippen molar-refractivity contribution in [3.05, 3.63) is 52.8 Å². The number of benzene rings is 1. The second-order valence-corrected chi connectivity index (χ2v) is 5.20. The Morgan fingerprint density at radius 1 is 1.25 bits per heavy atom. The summed E-state index contributed by atoms with van der Waals surface area (Å²) < 4.78 is 0.975. The number of rotatable bonds is 3. The van der Waals surface area contributed by atoms with Gasteiger partial charge in [-0.1, -0.05) is 12.1 Å². The van der Waals surface area contributed by atoms with Crippen molar-refractivity contribution < 1.29 is 5.11 Å². The van der Waals surface area contributed by atoms with Crippen LogP contribution in [0.4, 0.5) is 0 Å². The summed E-state index contributed by atoms with van der Waals surface area (Å²) >= 11 is 4.98. The van der Waals surface area contributed by atoms with E-state index in [2.05, 4.69) is 20.9 Å². The van der Waals surface area contributed by atoms with Gasteiger partial charge in [0.2, 0.25) is 0 Å². The van der Waals surface area contributed by atoms with Crippen molar-refractivity contribution in [1.82, 2.24) is 4.98 Å². The van der Waals surface area contributed by atoms with Crippen molar-refractivity contribution in [3.8, 4) is 5.75 Å². The first-order chi connectivity index (χ1) is 7.75. The summed E-state index contributed by atoms with van der Waals surface area (Å²) in [6.45, 7) is 0. The number of hydrogen-bond donors (Lipinski definition) is 1. The maximum absolute atomic E-state index is 9.60. The smallest absolute Gasteiger partial charge is 0.129 e. The van der Waals surface area contributed by atoms with E-state index in [0.29, 0.717) is 5.75 Å². The molecule has 1 aromatic carbocycles. The van der Waals surface area contributed by atoms with E-state index in [-0.39, 0.29) is 0 Å². The summed E-state index contributed by atoms with van der Waals surface area (Å²) in [5.74, 6) is 1.12. The normalized spacial score (nSPS) is 10.3. The summed E-state index contributed by atoms with van der Waals surface area (Å²) in [5, 5.41) is 9.60. The third-order valence-electron chi connectivity index (χ3n) is 2.02. The van der Waals surface area contributed by atoms with Gasteiger partial charge in [-0.15, -0.1) is 11.8 Å². The van der Waals surface area contributed by atoms with Gasteiger partial charge in [-0.25, -0.2) is 0 Å². The Morgan fingerprint density at radius 2 is 2.06 bits per heavy atom. The van der Waals surface area contributed by atoms with Crippen molar-refractivity contribution in [3.63, 3.8) is 0 Å². The molecule has 2 rings (SSSR count). The first-order valence-electron chi connectivity index (χ1n) is 4.76. The molecule has 16 heavy (non-hydrogen) atoms. The largest absolute Gasteiger partial charge is 0.507 e. The van der Waals surface area contributed by atoms with E-state index < -0.39 is 0 Å². The number of thioether (sulfide) groups is 1. The Kier molecular flexibility index (Phi) is 3.85. The van der Waals surface area contributed by atoms with E-state index in [9.17, 15) is 5.11 Å². The van der Waals surface area contributed by atoms with Gasteiger partial charge >= 0.3 is 0 Å². The SMILES string of the molecule is Oc1ccccc1SCc1cncc(Br)c1. The van der Waals surface area contributed by atoms with Crippen LogP contribution in [-0.4, -0.2) is 10.1 Å². The minimum atomic E-state index is 0.329. The Bertz CT molecular complexity index is 490. The highest BCUT2D eigenvalue weighted by Gasteiger charge is 2.01. The standard InChI is InChI=1S/C12H10BrNOS/c13-10-5-9(6-14-7-10)8-16-12-4-2-1-3-11(12)15/h1-7,15H,8H2. The molecule has 0 aliphatic rings. The van der Waals surface area contributed by atoms with Gasteiger partial charge in [-0.05, 0) is 39.7 Å². The molecule has 4 heteroatoms. The molecule has 82 valence electrons. The van der Waals surface area contributed by atoms with Gasteiger partial charge in [0.15, 0.2) is 0 Å². The van der Waals surface area contributed by atoms with Crippen LogP contribution in [0.1, 0.15) is 5.56 Å². The average Bonchev–Trinajstić information content (AvgIpc) is 2.28. The first kappa shape index (κ1) is 11.5. The lowest BCUT2D eigenvalue weighted by Gasteiger charge is -2.04. The summed E-state index contributed by atoms with van der Waals surface area (Å²) in [6.07, 6.45) is 3.59. The van der Waals surface area contributed by atoms with Crippen molar-refractivity contribution in [1.29, 1.82) is 0 Å². The number of halogens is 1. The van der Waals surface area contributed by atoms with Crippen LogP contribution in [0.2, 0.25) is 0 Å². The van der Waals surface area contributed by atoms with Crippen molar-refractivity contribution in [2.75, 3.05) is 0 Å². The Morgan fingerprint density at radius 3 is 2.81 bits per heavy atom. The molecule has 0 fully saturated rings. The zero-order valence-electron chi connectivity index (χ0n) is 8.43. The van der Waals surface area contributed by atoms with E-state index in [1.54, 1.807) is 24.0 Å². The van der Waals surface area contributed by atoms with Crippen LogP contribution >= 0.6 is 27.7 Å². The first-order valence-corrected chi connectivity index (χ1v) is 6.54. The molecule has 0 unspecified atom stereocenters. The van der Waals surface area contributed by atoms with Gasteiger partial charge in [0.25, 0.3) is 0 Å². The predicted molar refractivity (Wildman–Crippen MR) is 69.6 cm³/mol. The fraction of sp³-hybridized carbons (Fsp3) is 0.0833. The van der Waals surface area contributed by atoms with Gasteiger partial charge in [0.1, 0.15) is 5.75 Å². The number of pyridine rings is 1. The number of para-hydroxylation sites is 1. The van der Waals surface area contributed by atoms with E-state index in [4.69, 9.17) is 0 Å². The van der Waals surface area contributed by atoms with Crippen molar-refractivity contribution in [2.45, 2.75) is 10.6 Å². The molecular formula is C12H10BrNOS. The summed E-state index contributed by atoms with van der Waals surface area (Å²) in [6, 6.07) is 9.37. The minimum Gasteiger partial charge on any atom is -0.507 e. The lowest BCUT2D eigenvalue weighted by Crippen LogP contribution is -1.83. The summed E-state index contributed by atoms with van der Waals surface area (Å²) in [4.78, 5) is 4.99. The number of aromatic nitrogens is 1. The summed E-state index contributed by atoms with van der Waals surface area (Å²) in [5.41, 5.74) is 1.13. The van der Waals surface area contributed by atoms with Crippen LogP contribution in [0, 0.1) is 0 Å². The maximum Gasteiger partial charge on any atom is 0.129 e. The van der Waals surface area contributed by atoms with Gasteiger partial charge in [0, 0.05) is 27.5 Å². The van der Waals surface area contributed by atoms with Gasteiger partial charge in [-0.2, -0.15) is 0 Å². The van der Waals surface area contributed by atoms with E-state index in [1.165, 1.54) is 0 Å². The lowest BCUT2D eigenvalue weighted by atomic mass is 10.3. The van der Waals surface area contributed by atoms with Gasteiger partial charge < -0.3 is 5.11 Å². The van der Waals surface area contributed by atoms with Crippen LogP contribution in [0.3, 0.4) is 0 Å². The zero-order valence-corrected chi connectivity index (χ0v) is 10.8. The highest BCUT2D eigenvalue weighted by molar-refractivity contribution is 9.10. The number of nitrogens with zero attached hydrogens (tertiary/aromatic N) is 1. The number of phenols is 1. The zero-order chi connectivity index (χ0) is 11.4. The molecule has 1 aromatic heterocycles. The monoisotopic (exact) mass is 295 g/mol. The molecule has 2 nitrogen and oxygen atoms in total. The fourth-order valence-electron chi connectivity index (χ4n) is 1.28. The fourth-order valence-corrected chi connectivity index (χ4v) is 2.56. The molecule has 0 atom stereocenters. The molecule has 0 bridgehead atoms. The molecule has 2 aromatic rings. The van der Waals surface area contributed by atoms with Crippen LogP contribution in [-0.2, 0) is 5.75 Å². The molecule has 0 amide bonds. The molecule has 1 heterocycles. The van der Waals surface area contributed by atoms with Crippen LogP contribution in [0.5, 0.6) is 5.75 Å². The average molecular weight is 296 g/mol. The topological polar surface area (TPSA) is 33.1 Å². The molecule has 1 N–H and O–H groups in total. The third kappa shape index (κ3) is 3.00. The van der Waals surface area contributed by atoms with E-state index in [1.807, 2.05) is 30.5 Å². The highest BCUT2D eigenvalue weighted by Crippen LogP contribution is 2.30. The molecule has 0 saturated carbocycles. The molecule has 0 saturated heterocycles. The maximum atomic E-state index is 9.60. The second-order valence-electron chi connectivity index (χ2n) is 3.27. The Balaban J connectivity index is 2.05. The van der Waals surface area contributed by atoms with Crippen LogP contribution < -0.4 is 0 Å². The number of aromatic hydroxyl groups is 1. The van der Waals surface area contributed by atoms with Crippen molar-refractivity contribution >= 4 is 27.7 Å². The van der Waals surface area contributed by atoms with E-state index in [0.717, 1.165) is 20.7 Å².